The Morgan fingerprint density at radius 1 is 1.09 bits per heavy atom. The molecular formula is C19H17N3S. The Kier molecular flexibility index (Phi) is 3.20. The monoisotopic (exact) mass is 319 g/mol. The van der Waals surface area contributed by atoms with Crippen LogP contribution in [0, 0.1) is 5.41 Å². The van der Waals surface area contributed by atoms with Crippen LogP contribution in [0.5, 0.6) is 0 Å². The van der Waals surface area contributed by atoms with E-state index in [0.717, 1.165) is 23.5 Å². The van der Waals surface area contributed by atoms with E-state index in [1.54, 1.807) is 11.3 Å². The molecule has 23 heavy (non-hydrogen) atoms. The summed E-state index contributed by atoms with van der Waals surface area (Å²) >= 11 is 1.73. The lowest BCUT2D eigenvalue weighted by Gasteiger charge is -2.22. The molecule has 0 saturated carbocycles. The Balaban J connectivity index is 2.29. The van der Waals surface area contributed by atoms with Crippen LogP contribution in [0.4, 0.5) is 5.69 Å². The molecule has 0 radical (unpaired) electrons. The Bertz CT molecular complexity index is 1030. The minimum atomic E-state index is 0.534. The normalized spacial score (nSPS) is 11.3. The van der Waals surface area contributed by atoms with Gasteiger partial charge in [-0.05, 0) is 48.0 Å². The molecule has 1 aliphatic heterocycles. The molecule has 114 valence electrons. The van der Waals surface area contributed by atoms with Crippen LogP contribution in [0.1, 0.15) is 6.92 Å². The summed E-state index contributed by atoms with van der Waals surface area (Å²) in [6, 6.07) is 16.2. The highest BCUT2D eigenvalue weighted by atomic mass is 32.1. The number of nitrogens with one attached hydrogen (secondary N) is 1. The number of nitrogens with two attached hydrogens (primary N) is 1. The molecule has 4 heteroatoms. The van der Waals surface area contributed by atoms with Gasteiger partial charge in [0.25, 0.3) is 0 Å². The summed E-state index contributed by atoms with van der Waals surface area (Å²) in [4.78, 5) is 1.22. The highest BCUT2D eigenvalue weighted by molar-refractivity contribution is 7.13. The fraction of sp³-hybridized carbons (Fsp3) is 0.105. The van der Waals surface area contributed by atoms with E-state index in [1.165, 1.54) is 21.3 Å². The molecule has 3 nitrogen and oxygen atoms in total. The van der Waals surface area contributed by atoms with Gasteiger partial charge in [-0.1, -0.05) is 18.2 Å². The van der Waals surface area contributed by atoms with Gasteiger partial charge in [0.05, 0.1) is 21.6 Å². The van der Waals surface area contributed by atoms with Crippen molar-refractivity contribution < 1.29 is 0 Å². The van der Waals surface area contributed by atoms with Crippen molar-refractivity contribution in [2.24, 2.45) is 0 Å². The van der Waals surface area contributed by atoms with Crippen molar-refractivity contribution in [2.75, 3.05) is 5.73 Å². The maximum atomic E-state index is 8.01. The second-order valence-corrected chi connectivity index (χ2v) is 6.55. The number of aromatic nitrogens is 1. The van der Waals surface area contributed by atoms with Crippen molar-refractivity contribution in [1.82, 2.24) is 4.57 Å². The van der Waals surface area contributed by atoms with Crippen molar-refractivity contribution in [2.45, 2.75) is 13.5 Å². The number of anilines is 1. The third kappa shape index (κ3) is 2.14. The fourth-order valence-electron chi connectivity index (χ4n) is 3.25. The Labute approximate surface area is 138 Å². The molecule has 0 unspecified atom stereocenters. The maximum Gasteiger partial charge on any atom is 0.0666 e. The van der Waals surface area contributed by atoms with Crippen LogP contribution < -0.4 is 11.1 Å². The van der Waals surface area contributed by atoms with Crippen LogP contribution in [0.25, 0.3) is 32.6 Å². The molecule has 0 fully saturated rings. The summed E-state index contributed by atoms with van der Waals surface area (Å²) in [6.45, 7) is 2.99. The highest BCUT2D eigenvalue weighted by Gasteiger charge is 2.18. The zero-order valence-corrected chi connectivity index (χ0v) is 13.7. The van der Waals surface area contributed by atoms with E-state index in [1.807, 2.05) is 24.3 Å². The van der Waals surface area contributed by atoms with Crippen molar-refractivity contribution in [3.8, 4) is 21.8 Å². The van der Waals surface area contributed by atoms with Gasteiger partial charge in [0.2, 0.25) is 0 Å². The molecular weight excluding hydrogens is 302 g/mol. The van der Waals surface area contributed by atoms with Crippen LogP contribution in [-0.4, -0.2) is 4.57 Å². The van der Waals surface area contributed by atoms with E-state index in [2.05, 4.69) is 41.1 Å². The SMILES string of the molecule is CCn1c2cc(=N)ccc-2c2ccc(N)cc2c1-c1cccs1. The molecule has 1 aliphatic carbocycles. The maximum absolute atomic E-state index is 8.01. The molecule has 1 aromatic heterocycles. The summed E-state index contributed by atoms with van der Waals surface area (Å²) in [5.74, 6) is 0. The first-order valence-electron chi connectivity index (χ1n) is 7.63. The predicted molar refractivity (Wildman–Crippen MR) is 97.8 cm³/mol. The first kappa shape index (κ1) is 14.0. The largest absolute Gasteiger partial charge is 0.399 e. The summed E-state index contributed by atoms with van der Waals surface area (Å²) in [5.41, 5.74) is 10.3. The van der Waals surface area contributed by atoms with Crippen LogP contribution in [0.15, 0.2) is 53.9 Å². The molecule has 0 bridgehead atoms. The van der Waals surface area contributed by atoms with E-state index in [4.69, 9.17) is 11.1 Å². The first-order chi connectivity index (χ1) is 11.2. The van der Waals surface area contributed by atoms with E-state index in [9.17, 15) is 0 Å². The third-order valence-corrected chi connectivity index (χ3v) is 5.09. The zero-order chi connectivity index (χ0) is 16.0. The second-order valence-electron chi connectivity index (χ2n) is 5.61. The average Bonchev–Trinajstić information content (AvgIpc) is 3.07. The molecule has 2 heterocycles. The molecule has 4 rings (SSSR count). The summed E-state index contributed by atoms with van der Waals surface area (Å²) < 4.78 is 2.29. The number of hydrogen-bond acceptors (Lipinski definition) is 3. The van der Waals surface area contributed by atoms with Gasteiger partial charge in [-0.3, -0.25) is 0 Å². The smallest absolute Gasteiger partial charge is 0.0666 e. The summed E-state index contributed by atoms with van der Waals surface area (Å²) in [6.07, 6.45) is 0. The summed E-state index contributed by atoms with van der Waals surface area (Å²) in [5, 5.41) is 13.0. The number of thiophene rings is 1. The van der Waals surface area contributed by atoms with Crippen LogP contribution >= 0.6 is 11.3 Å². The third-order valence-electron chi connectivity index (χ3n) is 4.22. The topological polar surface area (TPSA) is 54.8 Å². The molecule has 2 aromatic rings. The van der Waals surface area contributed by atoms with E-state index < -0.39 is 0 Å². The standard InChI is InChI=1S/C19H17N3S/c1-2-22-17-11-13(21)6-8-15(17)14-7-5-12(20)10-16(14)19(22)18-4-3-9-23-18/h3-11,21H,2,20H2,1H3. The van der Waals surface area contributed by atoms with Gasteiger partial charge in [-0.25, -0.2) is 0 Å². The average molecular weight is 319 g/mol. The molecule has 0 saturated heterocycles. The predicted octanol–water partition coefficient (Wildman–Crippen LogP) is 4.56. The molecule has 0 atom stereocenters. The lowest BCUT2D eigenvalue weighted by molar-refractivity contribution is 0.777. The lowest BCUT2D eigenvalue weighted by atomic mass is 9.97. The van der Waals surface area contributed by atoms with E-state index in [0.29, 0.717) is 5.36 Å². The lowest BCUT2D eigenvalue weighted by Crippen LogP contribution is -2.10. The van der Waals surface area contributed by atoms with Gasteiger partial charge in [-0.15, -0.1) is 11.3 Å². The van der Waals surface area contributed by atoms with E-state index in [-0.39, 0.29) is 0 Å². The van der Waals surface area contributed by atoms with Crippen molar-refractivity contribution in [1.29, 1.82) is 5.41 Å². The minimum absolute atomic E-state index is 0.534. The van der Waals surface area contributed by atoms with Gasteiger partial charge < -0.3 is 15.7 Å². The quantitative estimate of drug-likeness (QED) is 0.413. The Morgan fingerprint density at radius 3 is 2.70 bits per heavy atom. The number of nitrogens with zero attached hydrogens (tertiary/aromatic N) is 1. The van der Waals surface area contributed by atoms with Crippen LogP contribution in [0.2, 0.25) is 0 Å². The molecule has 2 aliphatic rings. The summed E-state index contributed by atoms with van der Waals surface area (Å²) in [7, 11) is 0. The van der Waals surface area contributed by atoms with Crippen molar-refractivity contribution in [3.05, 3.63) is 59.3 Å². The number of benzene rings is 2. The van der Waals surface area contributed by atoms with Gasteiger partial charge in [0, 0.05) is 23.2 Å². The Morgan fingerprint density at radius 2 is 1.96 bits per heavy atom. The zero-order valence-electron chi connectivity index (χ0n) is 12.8. The van der Waals surface area contributed by atoms with Gasteiger partial charge >= 0.3 is 0 Å². The molecule has 0 amide bonds. The second kappa shape index (κ2) is 5.25. The molecule has 1 aromatic carbocycles. The van der Waals surface area contributed by atoms with E-state index >= 15 is 0 Å². The van der Waals surface area contributed by atoms with Crippen molar-refractivity contribution >= 4 is 27.8 Å². The first-order valence-corrected chi connectivity index (χ1v) is 8.51. The van der Waals surface area contributed by atoms with Gasteiger partial charge in [0.1, 0.15) is 0 Å². The van der Waals surface area contributed by atoms with Crippen LogP contribution in [0.3, 0.4) is 0 Å². The fourth-order valence-corrected chi connectivity index (χ4v) is 4.04. The minimum Gasteiger partial charge on any atom is -0.399 e. The van der Waals surface area contributed by atoms with Crippen LogP contribution in [-0.2, 0) is 6.54 Å². The number of fused-ring (bicyclic) bond motifs is 3. The van der Waals surface area contributed by atoms with Gasteiger partial charge in [0.15, 0.2) is 0 Å². The highest BCUT2D eigenvalue weighted by Crippen LogP contribution is 2.40. The number of nitrogen functional groups attached to an aromatic ring is 1. The van der Waals surface area contributed by atoms with Crippen molar-refractivity contribution in [3.63, 3.8) is 0 Å². The number of pyridine rings is 1. The molecule has 0 spiro atoms. The number of rotatable bonds is 2. The molecule has 3 N–H and O–H groups in total. The Hall–Kier alpha value is -2.59. The van der Waals surface area contributed by atoms with Gasteiger partial charge in [-0.2, -0.15) is 0 Å². The number of hydrogen-bond donors (Lipinski definition) is 2.